The first-order chi connectivity index (χ1) is 11.3. The van der Waals surface area contributed by atoms with Gasteiger partial charge in [-0.1, -0.05) is 18.2 Å². The molecule has 0 aliphatic rings. The maximum absolute atomic E-state index is 12.1. The minimum absolute atomic E-state index is 0.127. The lowest BCUT2D eigenvalue weighted by molar-refractivity contribution is -0.117. The lowest BCUT2D eigenvalue weighted by Gasteiger charge is -2.03. The molecule has 0 spiro atoms. The maximum Gasteiger partial charge on any atom is 0.261 e. The van der Waals surface area contributed by atoms with Crippen LogP contribution < -0.4 is 5.32 Å². The quantitative estimate of drug-likeness (QED) is 0.558. The highest BCUT2D eigenvalue weighted by Gasteiger charge is 2.09. The summed E-state index contributed by atoms with van der Waals surface area (Å²) < 4.78 is 0. The number of carbonyl (C=O) groups excluding carboxylic acids is 1. The van der Waals surface area contributed by atoms with Gasteiger partial charge in [0, 0.05) is 23.6 Å². The molecule has 0 fully saturated rings. The Bertz CT molecular complexity index is 885. The van der Waals surface area contributed by atoms with Crippen LogP contribution in [0.3, 0.4) is 0 Å². The topological polar surface area (TPSA) is 68.7 Å². The summed E-state index contributed by atoms with van der Waals surface area (Å²) in [6.07, 6.45) is 4.29. The van der Waals surface area contributed by atoms with Crippen molar-refractivity contribution >= 4 is 34.2 Å². The van der Waals surface area contributed by atoms with Gasteiger partial charge in [0.2, 0.25) is 0 Å². The van der Waals surface area contributed by atoms with Gasteiger partial charge in [-0.05, 0) is 46.5 Å². The molecule has 2 heterocycles. The third kappa shape index (κ3) is 3.50. The summed E-state index contributed by atoms with van der Waals surface area (Å²) in [5.41, 5.74) is 3.24. The zero-order valence-corrected chi connectivity index (χ0v) is 13.2. The number of fused-ring (bicyclic) bond motifs is 1. The molecule has 0 unspecified atom stereocenters. The van der Waals surface area contributed by atoms with Crippen LogP contribution in [-0.2, 0) is 11.2 Å². The molecule has 0 atom stereocenters. The van der Waals surface area contributed by atoms with Gasteiger partial charge in [-0.3, -0.25) is 4.79 Å². The summed E-state index contributed by atoms with van der Waals surface area (Å²) in [4.78, 5) is 15.3. The highest BCUT2D eigenvalue weighted by Crippen LogP contribution is 2.17. The van der Waals surface area contributed by atoms with Gasteiger partial charge in [-0.25, -0.2) is 0 Å². The number of nitrogens with one attached hydrogen (secondary N) is 2. The van der Waals surface area contributed by atoms with E-state index in [4.69, 9.17) is 5.26 Å². The molecule has 3 aromatic rings. The molecule has 0 saturated heterocycles. The van der Waals surface area contributed by atoms with Crippen LogP contribution in [0.4, 0.5) is 0 Å². The molecule has 0 bridgehead atoms. The van der Waals surface area contributed by atoms with E-state index in [0.717, 1.165) is 22.0 Å². The number of hydrogen-bond acceptors (Lipinski definition) is 3. The van der Waals surface area contributed by atoms with Gasteiger partial charge in [-0.15, -0.1) is 0 Å². The van der Waals surface area contributed by atoms with Gasteiger partial charge in [-0.2, -0.15) is 16.6 Å². The summed E-state index contributed by atoms with van der Waals surface area (Å²) in [6, 6.07) is 11.9. The van der Waals surface area contributed by atoms with Gasteiger partial charge >= 0.3 is 0 Å². The van der Waals surface area contributed by atoms with Crippen LogP contribution in [-0.4, -0.2) is 17.4 Å². The van der Waals surface area contributed by atoms with E-state index in [1.165, 1.54) is 11.3 Å². The number of aromatic nitrogens is 1. The second-order valence-electron chi connectivity index (χ2n) is 5.09. The number of nitrogens with zero attached hydrogens (tertiary/aromatic N) is 1. The normalized spacial score (nSPS) is 11.3. The molecular weight excluding hydrogens is 306 g/mol. The van der Waals surface area contributed by atoms with Crippen molar-refractivity contribution in [3.05, 3.63) is 64.0 Å². The fourth-order valence-electron chi connectivity index (χ4n) is 2.42. The predicted octanol–water partition coefficient (Wildman–Crippen LogP) is 3.50. The van der Waals surface area contributed by atoms with Crippen molar-refractivity contribution in [2.24, 2.45) is 0 Å². The SMILES string of the molecule is N#C/C(=C/c1ccsc1)C(=O)NCCc1c[nH]c2ccccc12. The molecule has 0 saturated carbocycles. The van der Waals surface area contributed by atoms with Crippen molar-refractivity contribution in [1.29, 1.82) is 5.26 Å². The average Bonchev–Trinajstić information content (AvgIpc) is 3.22. The summed E-state index contributed by atoms with van der Waals surface area (Å²) >= 11 is 1.53. The lowest BCUT2D eigenvalue weighted by atomic mass is 10.1. The van der Waals surface area contributed by atoms with E-state index in [-0.39, 0.29) is 11.5 Å². The lowest BCUT2D eigenvalue weighted by Crippen LogP contribution is -2.26. The van der Waals surface area contributed by atoms with E-state index in [1.807, 2.05) is 47.3 Å². The molecule has 0 radical (unpaired) electrons. The van der Waals surface area contributed by atoms with Crippen molar-refractivity contribution < 1.29 is 4.79 Å². The van der Waals surface area contributed by atoms with E-state index >= 15 is 0 Å². The second-order valence-corrected chi connectivity index (χ2v) is 5.87. The highest BCUT2D eigenvalue weighted by atomic mass is 32.1. The number of nitriles is 1. The van der Waals surface area contributed by atoms with Crippen molar-refractivity contribution in [2.75, 3.05) is 6.54 Å². The second kappa shape index (κ2) is 6.95. The largest absolute Gasteiger partial charge is 0.361 e. The van der Waals surface area contributed by atoms with E-state index in [0.29, 0.717) is 13.0 Å². The summed E-state index contributed by atoms with van der Waals surface area (Å²) in [6.45, 7) is 0.489. The molecule has 4 nitrogen and oxygen atoms in total. The fourth-order valence-corrected chi connectivity index (χ4v) is 3.03. The van der Waals surface area contributed by atoms with E-state index in [2.05, 4.69) is 16.4 Å². The Morgan fingerprint density at radius 1 is 1.35 bits per heavy atom. The number of amides is 1. The molecule has 1 amide bonds. The minimum atomic E-state index is -0.335. The Morgan fingerprint density at radius 3 is 3.00 bits per heavy atom. The van der Waals surface area contributed by atoms with Crippen LogP contribution in [0.15, 0.2) is 52.9 Å². The number of hydrogen-bond donors (Lipinski definition) is 2. The smallest absolute Gasteiger partial charge is 0.261 e. The number of carbonyl (C=O) groups is 1. The molecule has 2 N–H and O–H groups in total. The maximum atomic E-state index is 12.1. The standard InChI is InChI=1S/C18H15N3OS/c19-10-15(9-13-6-8-23-12-13)18(22)20-7-5-14-11-21-17-4-2-1-3-16(14)17/h1-4,6,8-9,11-12,21H,5,7H2,(H,20,22)/b15-9-. The third-order valence-electron chi connectivity index (χ3n) is 3.57. The number of aromatic amines is 1. The zero-order chi connectivity index (χ0) is 16.1. The van der Waals surface area contributed by atoms with Gasteiger partial charge in [0.1, 0.15) is 11.6 Å². The first kappa shape index (κ1) is 15.1. The number of rotatable bonds is 5. The first-order valence-corrected chi connectivity index (χ1v) is 8.19. The molecule has 2 aromatic heterocycles. The molecule has 23 heavy (non-hydrogen) atoms. The summed E-state index contributed by atoms with van der Waals surface area (Å²) in [7, 11) is 0. The highest BCUT2D eigenvalue weighted by molar-refractivity contribution is 7.08. The van der Waals surface area contributed by atoms with Gasteiger partial charge in [0.05, 0.1) is 0 Å². The summed E-state index contributed by atoms with van der Waals surface area (Å²) in [5.74, 6) is -0.335. The molecule has 1 aromatic carbocycles. The Kier molecular flexibility index (Phi) is 4.55. The van der Waals surface area contributed by atoms with Crippen LogP contribution in [0.2, 0.25) is 0 Å². The van der Waals surface area contributed by atoms with Gasteiger partial charge in [0.15, 0.2) is 0 Å². The van der Waals surface area contributed by atoms with Gasteiger partial charge < -0.3 is 10.3 Å². The van der Waals surface area contributed by atoms with Crippen molar-refractivity contribution in [3.8, 4) is 6.07 Å². The van der Waals surface area contributed by atoms with Crippen LogP contribution in [0.1, 0.15) is 11.1 Å². The molecule has 3 rings (SSSR count). The Morgan fingerprint density at radius 2 is 2.22 bits per heavy atom. The van der Waals surface area contributed by atoms with Crippen LogP contribution in [0.5, 0.6) is 0 Å². The summed E-state index contributed by atoms with van der Waals surface area (Å²) in [5, 5.41) is 16.9. The number of benzene rings is 1. The Labute approximate surface area is 138 Å². The molecular formula is C18H15N3OS. The van der Waals surface area contributed by atoms with E-state index in [1.54, 1.807) is 6.08 Å². The van der Waals surface area contributed by atoms with Crippen molar-refractivity contribution in [2.45, 2.75) is 6.42 Å². The monoisotopic (exact) mass is 321 g/mol. The average molecular weight is 321 g/mol. The van der Waals surface area contributed by atoms with Crippen LogP contribution >= 0.6 is 11.3 Å². The van der Waals surface area contributed by atoms with Crippen molar-refractivity contribution in [3.63, 3.8) is 0 Å². The number of para-hydroxylation sites is 1. The van der Waals surface area contributed by atoms with Crippen LogP contribution in [0, 0.1) is 11.3 Å². The third-order valence-corrected chi connectivity index (χ3v) is 4.28. The Hall–Kier alpha value is -2.84. The minimum Gasteiger partial charge on any atom is -0.361 e. The van der Waals surface area contributed by atoms with E-state index in [9.17, 15) is 4.79 Å². The molecule has 114 valence electrons. The van der Waals surface area contributed by atoms with Crippen molar-refractivity contribution in [1.82, 2.24) is 10.3 Å². The van der Waals surface area contributed by atoms with Gasteiger partial charge in [0.25, 0.3) is 5.91 Å². The molecule has 0 aliphatic carbocycles. The number of thiophene rings is 1. The zero-order valence-electron chi connectivity index (χ0n) is 12.4. The first-order valence-electron chi connectivity index (χ1n) is 7.25. The Balaban J connectivity index is 1.62. The van der Waals surface area contributed by atoms with Crippen LogP contribution in [0.25, 0.3) is 17.0 Å². The predicted molar refractivity (Wildman–Crippen MR) is 92.9 cm³/mol. The number of H-pyrrole nitrogens is 1. The molecule has 0 aliphatic heterocycles. The molecule has 5 heteroatoms. The van der Waals surface area contributed by atoms with E-state index < -0.39 is 0 Å². The fraction of sp³-hybridized carbons (Fsp3) is 0.111.